The van der Waals surface area contributed by atoms with Crippen LogP contribution < -0.4 is 5.32 Å². The molecule has 0 aliphatic heterocycles. The molecule has 0 fully saturated rings. The van der Waals surface area contributed by atoms with E-state index in [2.05, 4.69) is 24.1 Å². The van der Waals surface area contributed by atoms with Crippen LogP contribution in [-0.2, 0) is 22.1 Å². The first kappa shape index (κ1) is 16.1. The number of hydrogen-bond donors (Lipinski definition) is 1. The predicted molar refractivity (Wildman–Crippen MR) is 88.1 cm³/mol. The Hall–Kier alpha value is -1.24. The summed E-state index contributed by atoms with van der Waals surface area (Å²) in [5, 5.41) is 4.02. The van der Waals surface area contributed by atoms with Crippen LogP contribution in [0.1, 0.15) is 23.7 Å². The SMILES string of the molecule is CC(C)NCc1sc(CS(C)(=O)=O)nc1-c1ccccc1. The van der Waals surface area contributed by atoms with E-state index in [1.807, 2.05) is 30.3 Å². The van der Waals surface area contributed by atoms with E-state index in [0.717, 1.165) is 16.1 Å². The van der Waals surface area contributed by atoms with E-state index >= 15 is 0 Å². The largest absolute Gasteiger partial charge is 0.310 e. The molecule has 1 aromatic heterocycles. The molecule has 4 nitrogen and oxygen atoms in total. The maximum absolute atomic E-state index is 11.5. The van der Waals surface area contributed by atoms with Gasteiger partial charge in [-0.25, -0.2) is 13.4 Å². The van der Waals surface area contributed by atoms with Gasteiger partial charge >= 0.3 is 0 Å². The van der Waals surface area contributed by atoms with Crippen molar-refractivity contribution in [1.29, 1.82) is 0 Å². The van der Waals surface area contributed by atoms with Gasteiger partial charge in [0.25, 0.3) is 0 Å². The smallest absolute Gasteiger partial charge is 0.153 e. The van der Waals surface area contributed by atoms with Gasteiger partial charge in [-0.3, -0.25) is 0 Å². The summed E-state index contributed by atoms with van der Waals surface area (Å²) in [5.41, 5.74) is 1.90. The van der Waals surface area contributed by atoms with Gasteiger partial charge in [0.05, 0.1) is 5.69 Å². The van der Waals surface area contributed by atoms with Gasteiger partial charge in [0.1, 0.15) is 10.8 Å². The molecular weight excluding hydrogens is 304 g/mol. The number of nitrogens with one attached hydrogen (secondary N) is 1. The fourth-order valence-electron chi connectivity index (χ4n) is 1.92. The lowest BCUT2D eigenvalue weighted by Crippen LogP contribution is -2.21. The number of thiazole rings is 1. The van der Waals surface area contributed by atoms with E-state index in [4.69, 9.17) is 0 Å². The first-order chi connectivity index (χ1) is 9.85. The molecule has 0 aliphatic rings. The monoisotopic (exact) mass is 324 g/mol. The van der Waals surface area contributed by atoms with Crippen LogP contribution in [-0.4, -0.2) is 25.7 Å². The second-order valence-corrected chi connectivity index (χ2v) is 8.66. The molecule has 21 heavy (non-hydrogen) atoms. The zero-order chi connectivity index (χ0) is 15.5. The highest BCUT2D eigenvalue weighted by atomic mass is 32.2. The Morgan fingerprint density at radius 2 is 1.90 bits per heavy atom. The lowest BCUT2D eigenvalue weighted by molar-refractivity contribution is 0.593. The van der Waals surface area contributed by atoms with E-state index in [1.165, 1.54) is 17.6 Å². The zero-order valence-corrected chi connectivity index (χ0v) is 14.1. The van der Waals surface area contributed by atoms with Crippen LogP contribution in [0.15, 0.2) is 30.3 Å². The number of benzene rings is 1. The highest BCUT2D eigenvalue weighted by Crippen LogP contribution is 2.29. The molecule has 0 amide bonds. The van der Waals surface area contributed by atoms with Gasteiger partial charge in [0, 0.05) is 29.3 Å². The fourth-order valence-corrected chi connectivity index (χ4v) is 4.15. The Labute approximate surface area is 130 Å². The molecule has 1 aromatic carbocycles. The Morgan fingerprint density at radius 1 is 1.24 bits per heavy atom. The second-order valence-electron chi connectivity index (χ2n) is 5.35. The van der Waals surface area contributed by atoms with Crippen molar-refractivity contribution in [3.05, 3.63) is 40.2 Å². The summed E-state index contributed by atoms with van der Waals surface area (Å²) in [7, 11) is -3.07. The van der Waals surface area contributed by atoms with Crippen molar-refractivity contribution in [2.75, 3.05) is 6.26 Å². The van der Waals surface area contributed by atoms with Gasteiger partial charge in [-0.15, -0.1) is 11.3 Å². The van der Waals surface area contributed by atoms with Crippen LogP contribution in [0.5, 0.6) is 0 Å². The van der Waals surface area contributed by atoms with Crippen LogP contribution in [0.2, 0.25) is 0 Å². The lowest BCUT2D eigenvalue weighted by Gasteiger charge is -2.07. The highest BCUT2D eigenvalue weighted by Gasteiger charge is 2.16. The molecule has 2 rings (SSSR count). The van der Waals surface area contributed by atoms with E-state index in [9.17, 15) is 8.42 Å². The van der Waals surface area contributed by atoms with Crippen molar-refractivity contribution in [2.45, 2.75) is 32.2 Å². The number of aromatic nitrogens is 1. The molecule has 0 bridgehead atoms. The summed E-state index contributed by atoms with van der Waals surface area (Å²) >= 11 is 1.47. The number of nitrogens with zero attached hydrogens (tertiary/aromatic N) is 1. The third-order valence-corrected chi connectivity index (χ3v) is 4.88. The minimum Gasteiger partial charge on any atom is -0.310 e. The number of rotatable bonds is 6. The van der Waals surface area contributed by atoms with Gasteiger partial charge in [-0.2, -0.15) is 0 Å². The van der Waals surface area contributed by atoms with Crippen LogP contribution in [0.4, 0.5) is 0 Å². The van der Waals surface area contributed by atoms with Crippen molar-refractivity contribution in [1.82, 2.24) is 10.3 Å². The molecule has 0 saturated heterocycles. The topological polar surface area (TPSA) is 59.1 Å². The average Bonchev–Trinajstić information content (AvgIpc) is 2.78. The van der Waals surface area contributed by atoms with Gasteiger partial charge in [-0.1, -0.05) is 44.2 Å². The molecule has 114 valence electrons. The first-order valence-electron chi connectivity index (χ1n) is 6.80. The fraction of sp³-hybridized carbons (Fsp3) is 0.400. The van der Waals surface area contributed by atoms with Gasteiger partial charge < -0.3 is 5.32 Å². The minimum absolute atomic E-state index is 0.000815. The molecule has 6 heteroatoms. The molecule has 2 aromatic rings. The average molecular weight is 324 g/mol. The van der Waals surface area contributed by atoms with Gasteiger partial charge in [-0.05, 0) is 0 Å². The normalized spacial score (nSPS) is 12.0. The predicted octanol–water partition coefficient (Wildman–Crippen LogP) is 2.85. The second kappa shape index (κ2) is 6.68. The molecule has 0 atom stereocenters. The summed E-state index contributed by atoms with van der Waals surface area (Å²) in [5.74, 6) is -0.000815. The zero-order valence-electron chi connectivity index (χ0n) is 12.5. The maximum atomic E-state index is 11.5. The van der Waals surface area contributed by atoms with Crippen LogP contribution in [0.25, 0.3) is 11.3 Å². The van der Waals surface area contributed by atoms with E-state index < -0.39 is 9.84 Å². The van der Waals surface area contributed by atoms with Crippen molar-refractivity contribution < 1.29 is 8.42 Å². The van der Waals surface area contributed by atoms with Crippen LogP contribution in [0.3, 0.4) is 0 Å². The molecule has 0 unspecified atom stereocenters. The number of hydrogen-bond acceptors (Lipinski definition) is 5. The van der Waals surface area contributed by atoms with Crippen LogP contribution >= 0.6 is 11.3 Å². The first-order valence-corrected chi connectivity index (χ1v) is 9.68. The van der Waals surface area contributed by atoms with E-state index in [-0.39, 0.29) is 5.75 Å². The Kier molecular flexibility index (Phi) is 5.13. The van der Waals surface area contributed by atoms with Crippen molar-refractivity contribution in [2.24, 2.45) is 0 Å². The van der Waals surface area contributed by atoms with E-state index in [0.29, 0.717) is 17.6 Å². The Balaban J connectivity index is 2.36. The molecule has 0 radical (unpaired) electrons. The molecular formula is C15H20N2O2S2. The molecule has 0 spiro atoms. The summed E-state index contributed by atoms with van der Waals surface area (Å²) in [6.07, 6.45) is 1.24. The highest BCUT2D eigenvalue weighted by molar-refractivity contribution is 7.90. The van der Waals surface area contributed by atoms with Gasteiger partial charge in [0.15, 0.2) is 9.84 Å². The van der Waals surface area contributed by atoms with Gasteiger partial charge in [0.2, 0.25) is 0 Å². The Bertz CT molecular complexity index is 692. The van der Waals surface area contributed by atoms with Crippen molar-refractivity contribution in [3.63, 3.8) is 0 Å². The Morgan fingerprint density at radius 3 is 2.48 bits per heavy atom. The number of sulfone groups is 1. The molecule has 1 heterocycles. The minimum atomic E-state index is -3.07. The summed E-state index contributed by atoms with van der Waals surface area (Å²) in [6.45, 7) is 4.87. The quantitative estimate of drug-likeness (QED) is 0.887. The van der Waals surface area contributed by atoms with Crippen molar-refractivity contribution in [3.8, 4) is 11.3 Å². The van der Waals surface area contributed by atoms with Crippen molar-refractivity contribution >= 4 is 21.2 Å². The maximum Gasteiger partial charge on any atom is 0.153 e. The van der Waals surface area contributed by atoms with E-state index in [1.54, 1.807) is 0 Å². The third-order valence-electron chi connectivity index (χ3n) is 2.85. The summed E-state index contributed by atoms with van der Waals surface area (Å²) in [6, 6.07) is 10.2. The summed E-state index contributed by atoms with van der Waals surface area (Å²) in [4.78, 5) is 5.62. The molecule has 0 saturated carbocycles. The molecule has 0 aliphatic carbocycles. The third kappa shape index (κ3) is 4.91. The molecule has 1 N–H and O–H groups in total. The lowest BCUT2D eigenvalue weighted by atomic mass is 10.1. The van der Waals surface area contributed by atoms with Crippen LogP contribution in [0, 0.1) is 0 Å². The standard InChI is InChI=1S/C15H20N2O2S2/c1-11(2)16-9-13-15(12-7-5-4-6-8-12)17-14(20-13)10-21(3,18)19/h4-8,11,16H,9-10H2,1-3H3. The summed E-state index contributed by atoms with van der Waals surface area (Å²) < 4.78 is 22.9.